The zero-order valence-corrected chi connectivity index (χ0v) is 17.4. The second-order valence-corrected chi connectivity index (χ2v) is 7.83. The number of halogens is 3. The van der Waals surface area contributed by atoms with E-state index in [-0.39, 0.29) is 0 Å². The van der Waals surface area contributed by atoms with Gasteiger partial charge in [0.1, 0.15) is 5.75 Å². The first-order valence-electron chi connectivity index (χ1n) is 10.1. The molecule has 1 nitrogen and oxygen atoms in total. The minimum absolute atomic E-state index is 0.556. The number of methoxy groups -OCH3 is 1. The molecule has 0 saturated carbocycles. The molecule has 1 aliphatic carbocycles. The molecule has 158 valence electrons. The average molecular weight is 420 g/mol. The standard InChI is InChI=1S/C27H23F3O/c1-19(17-20-7-4-3-5-8-20)26(22-11-13-23(14-12-22)27(28,29)30)16-15-24-21(18-26)9-6-10-25(24)31-2/h3-17H,18H2,1-2H3. The lowest BCUT2D eigenvalue weighted by molar-refractivity contribution is -0.137. The summed E-state index contributed by atoms with van der Waals surface area (Å²) in [6.45, 7) is 2.04. The molecule has 0 radical (unpaired) electrons. The largest absolute Gasteiger partial charge is 0.496 e. The molecule has 1 aliphatic rings. The molecule has 4 heteroatoms. The van der Waals surface area contributed by atoms with Gasteiger partial charge in [0.15, 0.2) is 0 Å². The monoisotopic (exact) mass is 420 g/mol. The van der Waals surface area contributed by atoms with E-state index in [0.29, 0.717) is 6.42 Å². The second-order valence-electron chi connectivity index (χ2n) is 7.83. The van der Waals surface area contributed by atoms with Gasteiger partial charge in [-0.3, -0.25) is 0 Å². The Morgan fingerprint density at radius 1 is 0.935 bits per heavy atom. The number of fused-ring (bicyclic) bond motifs is 1. The molecule has 0 fully saturated rings. The minimum Gasteiger partial charge on any atom is -0.496 e. The van der Waals surface area contributed by atoms with E-state index in [4.69, 9.17) is 4.74 Å². The van der Waals surface area contributed by atoms with E-state index in [0.717, 1.165) is 33.6 Å². The summed E-state index contributed by atoms with van der Waals surface area (Å²) in [6.07, 6.45) is 2.50. The lowest BCUT2D eigenvalue weighted by Crippen LogP contribution is -2.30. The van der Waals surface area contributed by atoms with E-state index in [9.17, 15) is 13.2 Å². The first-order valence-corrected chi connectivity index (χ1v) is 10.1. The molecule has 3 aromatic rings. The van der Waals surface area contributed by atoms with Crippen molar-refractivity contribution in [1.29, 1.82) is 0 Å². The van der Waals surface area contributed by atoms with Crippen LogP contribution in [0.5, 0.6) is 5.75 Å². The highest BCUT2D eigenvalue weighted by Gasteiger charge is 2.37. The van der Waals surface area contributed by atoms with Gasteiger partial charge in [-0.25, -0.2) is 0 Å². The topological polar surface area (TPSA) is 9.23 Å². The fraction of sp³-hybridized carbons (Fsp3) is 0.185. The van der Waals surface area contributed by atoms with Crippen LogP contribution in [-0.4, -0.2) is 7.11 Å². The number of hydrogen-bond donors (Lipinski definition) is 0. The number of alkyl halides is 3. The Kier molecular flexibility index (Phi) is 5.48. The van der Waals surface area contributed by atoms with Crippen LogP contribution in [0.25, 0.3) is 12.2 Å². The molecule has 0 bridgehead atoms. The Hall–Kier alpha value is -3.27. The van der Waals surface area contributed by atoms with E-state index >= 15 is 0 Å². The van der Waals surface area contributed by atoms with Gasteiger partial charge in [0, 0.05) is 11.0 Å². The maximum absolute atomic E-state index is 13.1. The van der Waals surface area contributed by atoms with Crippen LogP contribution in [0, 0.1) is 0 Å². The summed E-state index contributed by atoms with van der Waals surface area (Å²) < 4.78 is 44.9. The molecule has 0 N–H and O–H groups in total. The summed E-state index contributed by atoms with van der Waals surface area (Å²) in [4.78, 5) is 0. The molecule has 0 heterocycles. The summed E-state index contributed by atoms with van der Waals surface area (Å²) in [5, 5.41) is 0. The number of allylic oxidation sites excluding steroid dienone is 2. The lowest BCUT2D eigenvalue weighted by atomic mass is 9.67. The van der Waals surface area contributed by atoms with E-state index < -0.39 is 17.2 Å². The summed E-state index contributed by atoms with van der Waals surface area (Å²) in [7, 11) is 1.64. The van der Waals surface area contributed by atoms with Crippen LogP contribution in [0.1, 0.15) is 34.7 Å². The van der Waals surface area contributed by atoms with E-state index in [1.807, 2.05) is 55.5 Å². The predicted octanol–water partition coefficient (Wildman–Crippen LogP) is 7.32. The number of ether oxygens (including phenoxy) is 1. The van der Waals surface area contributed by atoms with Crippen molar-refractivity contribution in [3.05, 3.63) is 112 Å². The molecule has 31 heavy (non-hydrogen) atoms. The number of benzene rings is 3. The zero-order valence-electron chi connectivity index (χ0n) is 17.4. The van der Waals surface area contributed by atoms with E-state index in [1.165, 1.54) is 12.1 Å². The molecule has 4 rings (SSSR count). The third-order valence-corrected chi connectivity index (χ3v) is 5.99. The summed E-state index contributed by atoms with van der Waals surface area (Å²) in [5.74, 6) is 0.791. The predicted molar refractivity (Wildman–Crippen MR) is 119 cm³/mol. The highest BCUT2D eigenvalue weighted by atomic mass is 19.4. The van der Waals surface area contributed by atoms with Gasteiger partial charge in [0.25, 0.3) is 0 Å². The van der Waals surface area contributed by atoms with Crippen LogP contribution in [0.15, 0.2) is 84.4 Å². The minimum atomic E-state index is -4.36. The Morgan fingerprint density at radius 2 is 1.65 bits per heavy atom. The summed E-state index contributed by atoms with van der Waals surface area (Å²) in [5.41, 5.74) is 3.86. The van der Waals surface area contributed by atoms with E-state index in [2.05, 4.69) is 18.2 Å². The van der Waals surface area contributed by atoms with Crippen molar-refractivity contribution < 1.29 is 17.9 Å². The molecule has 3 aromatic carbocycles. The first-order chi connectivity index (χ1) is 14.8. The molecular formula is C27H23F3O. The van der Waals surface area contributed by atoms with Crippen molar-refractivity contribution in [2.24, 2.45) is 0 Å². The van der Waals surface area contributed by atoms with Gasteiger partial charge in [-0.15, -0.1) is 0 Å². The van der Waals surface area contributed by atoms with Gasteiger partial charge in [-0.05, 0) is 48.2 Å². The van der Waals surface area contributed by atoms with Crippen molar-refractivity contribution in [3.63, 3.8) is 0 Å². The zero-order chi connectivity index (χ0) is 22.1. The van der Waals surface area contributed by atoms with Crippen LogP contribution in [0.4, 0.5) is 13.2 Å². The van der Waals surface area contributed by atoms with Crippen LogP contribution in [0.3, 0.4) is 0 Å². The fourth-order valence-electron chi connectivity index (χ4n) is 4.28. The Labute approximate surface area is 180 Å². The molecule has 0 aromatic heterocycles. The maximum atomic E-state index is 13.1. The van der Waals surface area contributed by atoms with Gasteiger partial charge in [0.05, 0.1) is 12.7 Å². The second kappa shape index (κ2) is 8.10. The van der Waals surface area contributed by atoms with Crippen LogP contribution >= 0.6 is 0 Å². The van der Waals surface area contributed by atoms with Gasteiger partial charge >= 0.3 is 6.18 Å². The van der Waals surface area contributed by atoms with Crippen LogP contribution < -0.4 is 4.74 Å². The van der Waals surface area contributed by atoms with Gasteiger partial charge < -0.3 is 4.74 Å². The van der Waals surface area contributed by atoms with Crippen molar-refractivity contribution in [2.45, 2.75) is 24.9 Å². The lowest BCUT2D eigenvalue weighted by Gasteiger charge is -2.37. The SMILES string of the molecule is COc1cccc2c1C=CC(C(C)=Cc1ccccc1)(c1ccc(C(F)(F)F)cc1)C2. The molecule has 1 unspecified atom stereocenters. The van der Waals surface area contributed by atoms with Gasteiger partial charge in [-0.2, -0.15) is 13.2 Å². The summed E-state index contributed by atoms with van der Waals surface area (Å²) >= 11 is 0. The van der Waals surface area contributed by atoms with Gasteiger partial charge in [-0.1, -0.05) is 78.4 Å². The van der Waals surface area contributed by atoms with Gasteiger partial charge in [0.2, 0.25) is 0 Å². The van der Waals surface area contributed by atoms with Crippen molar-refractivity contribution in [1.82, 2.24) is 0 Å². The quantitative estimate of drug-likeness (QED) is 0.429. The third-order valence-electron chi connectivity index (χ3n) is 5.99. The molecule has 1 atom stereocenters. The summed E-state index contributed by atoms with van der Waals surface area (Å²) in [6, 6.07) is 21.4. The molecule has 0 saturated heterocycles. The average Bonchev–Trinajstić information content (AvgIpc) is 2.78. The van der Waals surface area contributed by atoms with Crippen molar-refractivity contribution >= 4 is 12.2 Å². The Bertz CT molecular complexity index is 1130. The fourth-order valence-corrected chi connectivity index (χ4v) is 4.28. The molecule has 0 amide bonds. The maximum Gasteiger partial charge on any atom is 0.416 e. The molecular weight excluding hydrogens is 397 g/mol. The molecule has 0 aliphatic heterocycles. The van der Waals surface area contributed by atoms with Crippen LogP contribution in [-0.2, 0) is 18.0 Å². The van der Waals surface area contributed by atoms with Crippen LogP contribution in [0.2, 0.25) is 0 Å². The highest BCUT2D eigenvalue weighted by molar-refractivity contribution is 5.70. The highest BCUT2D eigenvalue weighted by Crippen LogP contribution is 2.44. The smallest absolute Gasteiger partial charge is 0.416 e. The normalized spacial score (nSPS) is 18.5. The number of rotatable bonds is 4. The van der Waals surface area contributed by atoms with E-state index in [1.54, 1.807) is 19.2 Å². The molecule has 0 spiro atoms. The third kappa shape index (κ3) is 4.02. The Morgan fingerprint density at radius 3 is 2.29 bits per heavy atom. The van der Waals surface area contributed by atoms with Crippen molar-refractivity contribution in [2.75, 3.05) is 7.11 Å². The van der Waals surface area contributed by atoms with Crippen molar-refractivity contribution in [3.8, 4) is 5.75 Å². The Balaban J connectivity index is 1.86. The first kappa shape index (κ1) is 21.0. The number of hydrogen-bond acceptors (Lipinski definition) is 1.